The van der Waals surface area contributed by atoms with E-state index in [-0.39, 0.29) is 0 Å². The summed E-state index contributed by atoms with van der Waals surface area (Å²) in [6, 6.07) is 54.3. The second kappa shape index (κ2) is 8.92. The number of rotatable bonds is 3. The van der Waals surface area contributed by atoms with E-state index in [1.807, 2.05) is 0 Å². The second-order valence-corrected chi connectivity index (χ2v) is 10.9. The van der Waals surface area contributed by atoms with Gasteiger partial charge in [-0.3, -0.25) is 4.57 Å². The van der Waals surface area contributed by atoms with Gasteiger partial charge in [-0.2, -0.15) is 0 Å². The Balaban J connectivity index is 1.13. The number of aromatic nitrogens is 3. The topological polar surface area (TPSA) is 22.8 Å². The van der Waals surface area contributed by atoms with E-state index in [1.165, 1.54) is 49.3 Å². The average molecular weight is 536 g/mol. The van der Waals surface area contributed by atoms with Crippen LogP contribution in [0.25, 0.3) is 77.5 Å². The molecule has 196 valence electrons. The molecular formula is C39H25N3. The number of para-hydroxylation sites is 4. The summed E-state index contributed by atoms with van der Waals surface area (Å²) in [7, 11) is 0. The summed E-state index contributed by atoms with van der Waals surface area (Å²) in [5.74, 6) is 0.984. The lowest BCUT2D eigenvalue weighted by Gasteiger charge is -2.17. The van der Waals surface area contributed by atoms with E-state index in [4.69, 9.17) is 4.98 Å². The predicted octanol–water partition coefficient (Wildman–Crippen LogP) is 10.0. The smallest absolute Gasteiger partial charge is 0.146 e. The zero-order valence-electron chi connectivity index (χ0n) is 22.8. The van der Waals surface area contributed by atoms with Crippen LogP contribution in [-0.2, 0) is 0 Å². The Kier molecular flexibility index (Phi) is 4.90. The van der Waals surface area contributed by atoms with Crippen molar-refractivity contribution in [1.82, 2.24) is 14.1 Å². The van der Waals surface area contributed by atoms with Gasteiger partial charge < -0.3 is 4.57 Å². The fourth-order valence-corrected chi connectivity index (χ4v) is 6.56. The quantitative estimate of drug-likeness (QED) is 0.221. The summed E-state index contributed by atoms with van der Waals surface area (Å²) in [5, 5.41) is 4.94. The molecule has 7 aromatic rings. The minimum atomic E-state index is 0.984. The van der Waals surface area contributed by atoms with E-state index in [9.17, 15) is 0 Å². The summed E-state index contributed by atoms with van der Waals surface area (Å²) in [6.07, 6.45) is 0. The average Bonchev–Trinajstić information content (AvgIpc) is 3.59. The van der Waals surface area contributed by atoms with Crippen LogP contribution in [0.4, 0.5) is 0 Å². The maximum atomic E-state index is 5.06. The predicted molar refractivity (Wildman–Crippen MR) is 175 cm³/mol. The Morgan fingerprint density at radius 1 is 0.405 bits per heavy atom. The summed E-state index contributed by atoms with van der Waals surface area (Å²) in [6.45, 7) is 0. The number of nitrogens with zero attached hydrogens (tertiary/aromatic N) is 3. The number of pyridine rings is 1. The standard InChI is InChI=1S/C39H25N3/c1-6-14-36-28(9-1)25-34-31-10-2-5-13-35(31)40-39(34)42(36)30-23-19-27(20-24-30)26-17-21-29(22-18-26)41-37-15-7-3-11-32(37)33-12-4-8-16-38(33)41/h1-25H. The highest BCUT2D eigenvalue weighted by Crippen LogP contribution is 2.37. The molecule has 1 aromatic heterocycles. The van der Waals surface area contributed by atoms with Crippen molar-refractivity contribution in [3.05, 3.63) is 152 Å². The van der Waals surface area contributed by atoms with Crippen molar-refractivity contribution in [2.45, 2.75) is 0 Å². The molecule has 42 heavy (non-hydrogen) atoms. The van der Waals surface area contributed by atoms with Crippen LogP contribution >= 0.6 is 0 Å². The van der Waals surface area contributed by atoms with Crippen LogP contribution in [0.2, 0.25) is 0 Å². The molecular weight excluding hydrogens is 510 g/mol. The molecule has 0 spiro atoms. The van der Waals surface area contributed by atoms with E-state index >= 15 is 0 Å². The lowest BCUT2D eigenvalue weighted by Crippen LogP contribution is -2.03. The molecule has 3 nitrogen and oxygen atoms in total. The molecule has 0 atom stereocenters. The van der Waals surface area contributed by atoms with Gasteiger partial charge in [0, 0.05) is 33.1 Å². The maximum Gasteiger partial charge on any atom is 0.146 e. The molecule has 3 heterocycles. The summed E-state index contributed by atoms with van der Waals surface area (Å²) >= 11 is 0. The van der Waals surface area contributed by atoms with E-state index in [0.29, 0.717) is 0 Å². The first-order valence-corrected chi connectivity index (χ1v) is 14.3. The molecule has 0 N–H and O–H groups in total. The van der Waals surface area contributed by atoms with E-state index < -0.39 is 0 Å². The summed E-state index contributed by atoms with van der Waals surface area (Å²) < 4.78 is 4.65. The van der Waals surface area contributed by atoms with Crippen LogP contribution in [0.15, 0.2) is 152 Å². The lowest BCUT2D eigenvalue weighted by molar-refractivity contribution is 1.07. The molecule has 0 unspecified atom stereocenters. The van der Waals surface area contributed by atoms with Crippen LogP contribution in [0.5, 0.6) is 0 Å². The minimum Gasteiger partial charge on any atom is -0.309 e. The van der Waals surface area contributed by atoms with E-state index in [2.05, 4.69) is 161 Å². The van der Waals surface area contributed by atoms with Gasteiger partial charge in [0.05, 0.1) is 22.1 Å². The van der Waals surface area contributed by atoms with Gasteiger partial charge in [0.1, 0.15) is 5.82 Å². The van der Waals surface area contributed by atoms with Crippen LogP contribution in [0, 0.1) is 0 Å². The lowest BCUT2D eigenvalue weighted by atomic mass is 10.0. The zero-order valence-corrected chi connectivity index (χ0v) is 22.8. The molecule has 0 saturated heterocycles. The van der Waals surface area contributed by atoms with Gasteiger partial charge in [-0.15, -0.1) is 0 Å². The highest BCUT2D eigenvalue weighted by atomic mass is 15.1. The van der Waals surface area contributed by atoms with E-state index in [0.717, 1.165) is 28.2 Å². The van der Waals surface area contributed by atoms with Crippen molar-refractivity contribution < 1.29 is 0 Å². The van der Waals surface area contributed by atoms with Gasteiger partial charge in [0.15, 0.2) is 0 Å². The van der Waals surface area contributed by atoms with Crippen LogP contribution < -0.4 is 0 Å². The normalized spacial score (nSPS) is 11.8. The highest BCUT2D eigenvalue weighted by molar-refractivity contribution is 6.09. The van der Waals surface area contributed by atoms with Crippen molar-refractivity contribution in [3.8, 4) is 33.9 Å². The molecule has 0 amide bonds. The minimum absolute atomic E-state index is 0.984. The molecule has 6 aromatic carbocycles. The molecule has 3 heteroatoms. The second-order valence-electron chi connectivity index (χ2n) is 10.9. The van der Waals surface area contributed by atoms with Crippen molar-refractivity contribution in [2.75, 3.05) is 0 Å². The Morgan fingerprint density at radius 2 is 0.905 bits per heavy atom. The maximum absolute atomic E-state index is 5.06. The SMILES string of the molecule is c1ccc2c(c1)cc1c3ccccc3nc-1n2-c1ccc(-c2ccc(-n3c4ccccc4c4ccccc43)cc2)cc1. The summed E-state index contributed by atoms with van der Waals surface area (Å²) in [5.41, 5.74) is 10.4. The Bertz CT molecular complexity index is 2340. The monoisotopic (exact) mass is 535 g/mol. The first-order chi connectivity index (χ1) is 20.8. The largest absolute Gasteiger partial charge is 0.309 e. The zero-order chi connectivity index (χ0) is 27.6. The van der Waals surface area contributed by atoms with Crippen LogP contribution in [-0.4, -0.2) is 14.1 Å². The third-order valence-corrected chi connectivity index (χ3v) is 8.52. The third-order valence-electron chi connectivity index (χ3n) is 8.52. The van der Waals surface area contributed by atoms with Crippen molar-refractivity contribution in [1.29, 1.82) is 0 Å². The fraction of sp³-hybridized carbons (Fsp3) is 0. The van der Waals surface area contributed by atoms with Gasteiger partial charge in [-0.25, -0.2) is 4.98 Å². The number of hydrogen-bond donors (Lipinski definition) is 0. The number of benzene rings is 6. The molecule has 0 radical (unpaired) electrons. The van der Waals surface area contributed by atoms with Crippen LogP contribution in [0.1, 0.15) is 0 Å². The Labute approximate surface area is 242 Å². The third kappa shape index (κ3) is 3.37. The van der Waals surface area contributed by atoms with Crippen LogP contribution in [0.3, 0.4) is 0 Å². The van der Waals surface area contributed by atoms with Gasteiger partial charge in [0.25, 0.3) is 0 Å². The van der Waals surface area contributed by atoms with Crippen molar-refractivity contribution >= 4 is 43.6 Å². The Morgan fingerprint density at radius 3 is 1.55 bits per heavy atom. The molecule has 0 saturated carbocycles. The van der Waals surface area contributed by atoms with Gasteiger partial charge >= 0.3 is 0 Å². The Hall–Kier alpha value is -5.67. The summed E-state index contributed by atoms with van der Waals surface area (Å²) in [4.78, 5) is 5.06. The van der Waals surface area contributed by atoms with Gasteiger partial charge in [0.2, 0.25) is 0 Å². The molecule has 2 aliphatic rings. The van der Waals surface area contributed by atoms with Crippen molar-refractivity contribution in [3.63, 3.8) is 0 Å². The molecule has 2 aliphatic heterocycles. The number of hydrogen-bond acceptors (Lipinski definition) is 1. The first-order valence-electron chi connectivity index (χ1n) is 14.3. The van der Waals surface area contributed by atoms with Crippen molar-refractivity contribution in [2.24, 2.45) is 0 Å². The number of fused-ring (bicyclic) bond motifs is 7. The molecule has 0 aliphatic carbocycles. The highest BCUT2D eigenvalue weighted by Gasteiger charge is 2.19. The van der Waals surface area contributed by atoms with E-state index in [1.54, 1.807) is 0 Å². The fourth-order valence-electron chi connectivity index (χ4n) is 6.56. The van der Waals surface area contributed by atoms with Gasteiger partial charge in [-0.05, 0) is 71.1 Å². The molecule has 0 bridgehead atoms. The first kappa shape index (κ1) is 23.1. The molecule has 9 rings (SSSR count). The van der Waals surface area contributed by atoms with Gasteiger partial charge in [-0.1, -0.05) is 97.1 Å². The molecule has 0 fully saturated rings.